The highest BCUT2D eigenvalue weighted by molar-refractivity contribution is 6.16. The van der Waals surface area contributed by atoms with E-state index in [1.54, 1.807) is 0 Å². The lowest BCUT2D eigenvalue weighted by molar-refractivity contribution is 0.407. The van der Waals surface area contributed by atoms with Crippen LogP contribution in [0.25, 0.3) is 0 Å². The van der Waals surface area contributed by atoms with Crippen LogP contribution in [0.2, 0.25) is 0 Å². The van der Waals surface area contributed by atoms with Gasteiger partial charge >= 0.3 is 7.69 Å². The first-order chi connectivity index (χ1) is 4.33. The quantitative estimate of drug-likeness (QED) is 0.461. The molecule has 0 atom stereocenters. The van der Waals surface area contributed by atoms with Crippen molar-refractivity contribution < 1.29 is 9.68 Å². The smallest absolute Gasteiger partial charge is 0.544 e. The molecular weight excluding hydrogens is 115 g/mol. The Bertz CT molecular complexity index is 46.3. The molecule has 0 saturated heterocycles. The van der Waals surface area contributed by atoms with Gasteiger partial charge in [-0.1, -0.05) is 33.3 Å². The van der Waals surface area contributed by atoms with E-state index in [1.165, 1.54) is 12.8 Å². The fraction of sp³-hybridized carbons (Fsp3) is 0.667. The minimum Gasteiger partial charge on any atom is -0.544 e. The molecule has 0 fully saturated rings. The van der Waals surface area contributed by atoms with Crippen LogP contribution in [-0.2, 0) is 4.65 Å². The van der Waals surface area contributed by atoms with Gasteiger partial charge in [-0.05, 0) is 0 Å². The van der Waals surface area contributed by atoms with Gasteiger partial charge in [0.2, 0.25) is 0 Å². The van der Waals surface area contributed by atoms with Crippen molar-refractivity contribution in [3.63, 3.8) is 0 Å². The molecule has 0 aromatic heterocycles. The second-order valence-corrected chi connectivity index (χ2v) is 1.41. The van der Waals surface area contributed by atoms with Crippen LogP contribution >= 0.6 is 0 Å². The van der Waals surface area contributed by atoms with Gasteiger partial charge in [-0.25, -0.2) is 0 Å². The summed E-state index contributed by atoms with van der Waals surface area (Å²) in [5.74, 6) is 0. The standard InChI is InChI=1S/C4H10.C2H4BO2/c1-3-4-2;1-2-5-3-4/h3-4H2,1-2H3;2,4H,1H2. The van der Waals surface area contributed by atoms with E-state index in [2.05, 4.69) is 25.1 Å². The Balaban J connectivity index is 0. The average Bonchev–Trinajstić information content (AvgIpc) is 1.91. The Hall–Kier alpha value is -0.435. The van der Waals surface area contributed by atoms with Crippen LogP contribution < -0.4 is 0 Å². The first-order valence-corrected chi connectivity index (χ1v) is 3.05. The molecule has 0 aliphatic rings. The van der Waals surface area contributed by atoms with Gasteiger partial charge in [0.15, 0.2) is 0 Å². The van der Waals surface area contributed by atoms with Crippen molar-refractivity contribution >= 4 is 7.69 Å². The summed E-state index contributed by atoms with van der Waals surface area (Å²) in [7, 11) is 0.562. The summed E-state index contributed by atoms with van der Waals surface area (Å²) in [5.41, 5.74) is 0. The molecule has 0 rings (SSSR count). The zero-order chi connectivity index (χ0) is 7.54. The second-order valence-electron chi connectivity index (χ2n) is 1.41. The summed E-state index contributed by atoms with van der Waals surface area (Å²) in [6.45, 7) is 7.50. The Morgan fingerprint density at radius 3 is 2.00 bits per heavy atom. The van der Waals surface area contributed by atoms with E-state index >= 15 is 0 Å². The maximum absolute atomic E-state index is 7.65. The highest BCUT2D eigenvalue weighted by atomic mass is 16.5. The lowest BCUT2D eigenvalue weighted by atomic mass is 10.4. The molecule has 53 valence electrons. The van der Waals surface area contributed by atoms with E-state index in [9.17, 15) is 0 Å². The van der Waals surface area contributed by atoms with Crippen molar-refractivity contribution in [1.82, 2.24) is 0 Å². The maximum Gasteiger partial charge on any atom is 0.568 e. The van der Waals surface area contributed by atoms with E-state index in [0.717, 1.165) is 6.26 Å². The van der Waals surface area contributed by atoms with Crippen LogP contribution in [0.1, 0.15) is 26.7 Å². The van der Waals surface area contributed by atoms with E-state index in [1.807, 2.05) is 0 Å². The van der Waals surface area contributed by atoms with Crippen molar-refractivity contribution in [2.24, 2.45) is 0 Å². The monoisotopic (exact) mass is 129 g/mol. The molecular formula is C6H14BO2. The third kappa shape index (κ3) is 35.6. The summed E-state index contributed by atoms with van der Waals surface area (Å²) in [4.78, 5) is 0. The first kappa shape index (κ1) is 11.4. The minimum atomic E-state index is 0.562. The van der Waals surface area contributed by atoms with E-state index in [-0.39, 0.29) is 0 Å². The normalized spacial score (nSPS) is 6.56. The van der Waals surface area contributed by atoms with E-state index in [4.69, 9.17) is 5.02 Å². The highest BCUT2D eigenvalue weighted by Crippen LogP contribution is 1.76. The molecule has 0 bridgehead atoms. The first-order valence-electron chi connectivity index (χ1n) is 3.05. The summed E-state index contributed by atoms with van der Waals surface area (Å²) in [6.07, 6.45) is 3.76. The van der Waals surface area contributed by atoms with Gasteiger partial charge in [0.25, 0.3) is 0 Å². The molecule has 2 nitrogen and oxygen atoms in total. The molecule has 0 spiro atoms. The van der Waals surface area contributed by atoms with Gasteiger partial charge in [-0.15, -0.1) is 0 Å². The van der Waals surface area contributed by atoms with Crippen LogP contribution in [0, 0.1) is 0 Å². The topological polar surface area (TPSA) is 29.5 Å². The van der Waals surface area contributed by atoms with Crippen LogP contribution in [0.4, 0.5) is 0 Å². The molecule has 0 saturated carbocycles. The van der Waals surface area contributed by atoms with Gasteiger partial charge < -0.3 is 9.68 Å². The van der Waals surface area contributed by atoms with Crippen LogP contribution in [0.5, 0.6) is 0 Å². The van der Waals surface area contributed by atoms with Crippen molar-refractivity contribution in [3.05, 3.63) is 12.8 Å². The van der Waals surface area contributed by atoms with E-state index < -0.39 is 0 Å². The van der Waals surface area contributed by atoms with E-state index in [0.29, 0.717) is 7.69 Å². The molecule has 0 heterocycles. The largest absolute Gasteiger partial charge is 0.568 e. The Morgan fingerprint density at radius 2 is 2.00 bits per heavy atom. The summed E-state index contributed by atoms with van der Waals surface area (Å²) >= 11 is 0. The molecule has 3 heteroatoms. The summed E-state index contributed by atoms with van der Waals surface area (Å²) in [6, 6.07) is 0. The number of unbranched alkanes of at least 4 members (excludes halogenated alkanes) is 1. The predicted molar refractivity (Wildman–Crippen MR) is 39.8 cm³/mol. The second kappa shape index (κ2) is 15.6. The fourth-order valence-electron chi connectivity index (χ4n) is 0.0430. The third-order valence-corrected chi connectivity index (χ3v) is 0.657. The minimum absolute atomic E-state index is 0.562. The lowest BCUT2D eigenvalue weighted by Crippen LogP contribution is -1.85. The molecule has 1 N–H and O–H groups in total. The lowest BCUT2D eigenvalue weighted by Gasteiger charge is -1.79. The van der Waals surface area contributed by atoms with Gasteiger partial charge in [-0.3, -0.25) is 0 Å². The van der Waals surface area contributed by atoms with Crippen molar-refractivity contribution in [1.29, 1.82) is 0 Å². The number of hydrogen-bond donors (Lipinski definition) is 1. The van der Waals surface area contributed by atoms with Gasteiger partial charge in [0, 0.05) is 0 Å². The Kier molecular flexibility index (Phi) is 19.8. The van der Waals surface area contributed by atoms with Gasteiger partial charge in [0.1, 0.15) is 0 Å². The molecule has 0 aromatic carbocycles. The predicted octanol–water partition coefficient (Wildman–Crippen LogP) is 1.48. The van der Waals surface area contributed by atoms with Crippen LogP contribution in [0.3, 0.4) is 0 Å². The SMILES string of the molecule is C=CO[B]O.CCCC. The molecule has 0 aromatic rings. The van der Waals surface area contributed by atoms with Gasteiger partial charge in [-0.2, -0.15) is 0 Å². The molecule has 1 radical (unpaired) electrons. The van der Waals surface area contributed by atoms with Gasteiger partial charge in [0.05, 0.1) is 6.26 Å². The number of rotatable bonds is 3. The van der Waals surface area contributed by atoms with Crippen LogP contribution in [0.15, 0.2) is 12.8 Å². The van der Waals surface area contributed by atoms with Crippen molar-refractivity contribution in [2.45, 2.75) is 26.7 Å². The number of hydrogen-bond acceptors (Lipinski definition) is 2. The van der Waals surface area contributed by atoms with Crippen molar-refractivity contribution in [3.8, 4) is 0 Å². The zero-order valence-corrected chi connectivity index (χ0v) is 6.13. The summed E-state index contributed by atoms with van der Waals surface area (Å²) in [5, 5.41) is 7.65. The molecule has 9 heavy (non-hydrogen) atoms. The fourth-order valence-corrected chi connectivity index (χ4v) is 0.0430. The molecule has 0 unspecified atom stereocenters. The van der Waals surface area contributed by atoms with Crippen LogP contribution in [-0.4, -0.2) is 12.7 Å². The highest BCUT2D eigenvalue weighted by Gasteiger charge is 1.70. The third-order valence-electron chi connectivity index (χ3n) is 0.657. The molecule has 0 amide bonds. The molecule has 0 aliphatic heterocycles. The summed E-state index contributed by atoms with van der Waals surface area (Å²) < 4.78 is 4.03. The zero-order valence-electron chi connectivity index (χ0n) is 6.13. The average molecular weight is 129 g/mol. The van der Waals surface area contributed by atoms with Crippen molar-refractivity contribution in [2.75, 3.05) is 0 Å². The Morgan fingerprint density at radius 1 is 1.56 bits per heavy atom. The Labute approximate surface area is 57.8 Å². The molecule has 0 aliphatic carbocycles. The maximum atomic E-state index is 7.65.